The molecule has 0 aromatic rings. The average Bonchev–Trinajstić information content (AvgIpc) is 2.52. The fraction of sp³-hybridized carbons (Fsp3) is 1.00. The minimum Gasteiger partial charge on any atom is -0.305 e. The molecule has 0 radical (unpaired) electrons. The van der Waals surface area contributed by atoms with Gasteiger partial charge in [0, 0.05) is 19.6 Å². The Bertz CT molecular complexity index is 294. The predicted octanol–water partition coefficient (Wildman–Crippen LogP) is 3.16. The van der Waals surface area contributed by atoms with Gasteiger partial charge < -0.3 is 14.7 Å². The number of nitrogens with zero attached hydrogens (tertiary/aromatic N) is 3. The van der Waals surface area contributed by atoms with E-state index < -0.39 is 0 Å². The highest BCUT2D eigenvalue weighted by molar-refractivity contribution is 4.97. The first kappa shape index (κ1) is 18.2. The van der Waals surface area contributed by atoms with Crippen LogP contribution in [0.15, 0.2) is 0 Å². The normalized spacial score (nSPS) is 27.3. The van der Waals surface area contributed by atoms with Gasteiger partial charge in [-0.15, -0.1) is 0 Å². The molecule has 130 valence electrons. The molecular formula is C19H39N3. The molecule has 3 heterocycles. The average molecular weight is 310 g/mol. The molecule has 0 N–H and O–H groups in total. The Balaban J connectivity index is 0.000000847. The summed E-state index contributed by atoms with van der Waals surface area (Å²) in [4.78, 5) is 7.91. The molecule has 3 rings (SSSR count). The van der Waals surface area contributed by atoms with E-state index in [1.165, 1.54) is 84.5 Å². The predicted molar refractivity (Wildman–Crippen MR) is 96.4 cm³/mol. The van der Waals surface area contributed by atoms with E-state index >= 15 is 0 Å². The number of likely N-dealkylation sites (tertiary alicyclic amines) is 3. The molecule has 0 aromatic carbocycles. The Hall–Kier alpha value is -0.120. The van der Waals surface area contributed by atoms with Gasteiger partial charge in [-0.3, -0.25) is 0 Å². The van der Waals surface area contributed by atoms with Gasteiger partial charge >= 0.3 is 0 Å². The standard InChI is InChI=1S/C17H33N3.C2H6/c1-3-8-19-9-4-16(5-10-19)13-20-11-6-17(7-12-20)14-18(2)15-17;1-2/h16H,3-15H2,1-2H3;1-2H3. The highest BCUT2D eigenvalue weighted by Gasteiger charge is 2.43. The van der Waals surface area contributed by atoms with E-state index in [-0.39, 0.29) is 0 Å². The Kier molecular flexibility index (Phi) is 7.17. The smallest absolute Gasteiger partial charge is 0.00484 e. The number of piperidine rings is 2. The van der Waals surface area contributed by atoms with Crippen molar-refractivity contribution in [2.45, 2.75) is 52.9 Å². The summed E-state index contributed by atoms with van der Waals surface area (Å²) >= 11 is 0. The molecule has 22 heavy (non-hydrogen) atoms. The zero-order valence-corrected chi connectivity index (χ0v) is 15.6. The number of hydrogen-bond acceptors (Lipinski definition) is 3. The third kappa shape index (κ3) is 4.69. The molecule has 0 aliphatic carbocycles. The molecule has 0 atom stereocenters. The van der Waals surface area contributed by atoms with Gasteiger partial charge in [-0.2, -0.15) is 0 Å². The van der Waals surface area contributed by atoms with Crippen molar-refractivity contribution < 1.29 is 0 Å². The van der Waals surface area contributed by atoms with Gasteiger partial charge in [-0.05, 0) is 83.2 Å². The van der Waals surface area contributed by atoms with Crippen LogP contribution in [0.25, 0.3) is 0 Å². The topological polar surface area (TPSA) is 9.72 Å². The lowest BCUT2D eigenvalue weighted by Gasteiger charge is -2.53. The molecule has 3 aliphatic rings. The highest BCUT2D eigenvalue weighted by atomic mass is 15.2. The fourth-order valence-electron chi connectivity index (χ4n) is 4.70. The van der Waals surface area contributed by atoms with Gasteiger partial charge in [0.1, 0.15) is 0 Å². The van der Waals surface area contributed by atoms with Crippen LogP contribution in [0.5, 0.6) is 0 Å². The van der Waals surface area contributed by atoms with Crippen LogP contribution in [0.2, 0.25) is 0 Å². The van der Waals surface area contributed by atoms with Crippen molar-refractivity contribution in [2.75, 3.05) is 59.4 Å². The second-order valence-corrected chi connectivity index (χ2v) is 7.76. The van der Waals surface area contributed by atoms with Gasteiger partial charge in [0.15, 0.2) is 0 Å². The van der Waals surface area contributed by atoms with Crippen LogP contribution in [0, 0.1) is 11.3 Å². The number of hydrogen-bond donors (Lipinski definition) is 0. The van der Waals surface area contributed by atoms with Crippen molar-refractivity contribution in [2.24, 2.45) is 11.3 Å². The molecule has 0 bridgehead atoms. The molecule has 0 saturated carbocycles. The lowest BCUT2D eigenvalue weighted by Crippen LogP contribution is -2.59. The molecule has 3 heteroatoms. The van der Waals surface area contributed by atoms with E-state index in [2.05, 4.69) is 28.7 Å². The first-order chi connectivity index (χ1) is 10.7. The third-order valence-corrected chi connectivity index (χ3v) is 5.89. The molecule has 0 amide bonds. The minimum absolute atomic E-state index is 0.718. The summed E-state index contributed by atoms with van der Waals surface area (Å²) in [5.74, 6) is 0.973. The monoisotopic (exact) mass is 309 g/mol. The van der Waals surface area contributed by atoms with Crippen molar-refractivity contribution in [1.29, 1.82) is 0 Å². The molecule has 0 unspecified atom stereocenters. The SMILES string of the molecule is CC.CCCN1CCC(CN2CCC3(CC2)CN(C)C3)CC1. The maximum atomic E-state index is 2.77. The number of rotatable bonds is 4. The van der Waals surface area contributed by atoms with Crippen molar-refractivity contribution in [3.05, 3.63) is 0 Å². The Morgan fingerprint density at radius 3 is 2.00 bits per heavy atom. The van der Waals surface area contributed by atoms with Crippen LogP contribution in [-0.4, -0.2) is 74.1 Å². The first-order valence-electron chi connectivity index (χ1n) is 9.82. The van der Waals surface area contributed by atoms with E-state index in [1.807, 2.05) is 13.8 Å². The third-order valence-electron chi connectivity index (χ3n) is 5.89. The molecule has 0 aromatic heterocycles. The highest BCUT2D eigenvalue weighted by Crippen LogP contribution is 2.39. The maximum Gasteiger partial charge on any atom is 0.00484 e. The molecule has 1 spiro atoms. The Morgan fingerprint density at radius 2 is 1.50 bits per heavy atom. The van der Waals surface area contributed by atoms with Crippen molar-refractivity contribution >= 4 is 0 Å². The van der Waals surface area contributed by atoms with Crippen LogP contribution in [0.4, 0.5) is 0 Å². The molecular weight excluding hydrogens is 270 g/mol. The van der Waals surface area contributed by atoms with Gasteiger partial charge in [-0.1, -0.05) is 20.8 Å². The van der Waals surface area contributed by atoms with Gasteiger partial charge in [0.2, 0.25) is 0 Å². The van der Waals surface area contributed by atoms with E-state index in [1.54, 1.807) is 0 Å². The zero-order valence-electron chi connectivity index (χ0n) is 15.6. The largest absolute Gasteiger partial charge is 0.305 e. The van der Waals surface area contributed by atoms with Gasteiger partial charge in [0.05, 0.1) is 0 Å². The lowest BCUT2D eigenvalue weighted by atomic mass is 9.72. The summed E-state index contributed by atoms with van der Waals surface area (Å²) in [6, 6.07) is 0. The Morgan fingerprint density at radius 1 is 0.909 bits per heavy atom. The van der Waals surface area contributed by atoms with E-state index in [0.29, 0.717) is 0 Å². The van der Waals surface area contributed by atoms with Gasteiger partial charge in [0.25, 0.3) is 0 Å². The van der Waals surface area contributed by atoms with Crippen LogP contribution in [-0.2, 0) is 0 Å². The summed E-state index contributed by atoms with van der Waals surface area (Å²) in [7, 11) is 2.27. The first-order valence-corrected chi connectivity index (χ1v) is 9.82. The van der Waals surface area contributed by atoms with Crippen molar-refractivity contribution in [3.63, 3.8) is 0 Å². The molecule has 3 nitrogen and oxygen atoms in total. The van der Waals surface area contributed by atoms with E-state index in [4.69, 9.17) is 0 Å². The minimum atomic E-state index is 0.718. The fourth-order valence-corrected chi connectivity index (χ4v) is 4.70. The van der Waals surface area contributed by atoms with E-state index in [9.17, 15) is 0 Å². The zero-order chi connectivity index (χ0) is 16.0. The molecule has 3 aliphatic heterocycles. The van der Waals surface area contributed by atoms with Crippen molar-refractivity contribution in [3.8, 4) is 0 Å². The summed E-state index contributed by atoms with van der Waals surface area (Å²) in [5.41, 5.74) is 0.718. The van der Waals surface area contributed by atoms with Crippen molar-refractivity contribution in [1.82, 2.24) is 14.7 Å². The van der Waals surface area contributed by atoms with Gasteiger partial charge in [-0.25, -0.2) is 0 Å². The maximum absolute atomic E-state index is 2.77. The van der Waals surface area contributed by atoms with E-state index in [0.717, 1.165) is 11.3 Å². The second kappa shape index (κ2) is 8.65. The summed E-state index contributed by atoms with van der Waals surface area (Å²) in [6.45, 7) is 17.1. The van der Waals surface area contributed by atoms with Crippen LogP contribution < -0.4 is 0 Å². The van der Waals surface area contributed by atoms with Crippen LogP contribution in [0.3, 0.4) is 0 Å². The second-order valence-electron chi connectivity index (χ2n) is 7.76. The molecule has 3 saturated heterocycles. The Labute approximate surface area is 139 Å². The summed E-state index contributed by atoms with van der Waals surface area (Å²) in [5, 5.41) is 0. The quantitative estimate of drug-likeness (QED) is 0.790. The molecule has 3 fully saturated rings. The lowest BCUT2D eigenvalue weighted by molar-refractivity contribution is -0.0354. The van der Waals surface area contributed by atoms with Crippen LogP contribution in [0.1, 0.15) is 52.9 Å². The summed E-state index contributed by atoms with van der Waals surface area (Å²) in [6.07, 6.45) is 7.08. The van der Waals surface area contributed by atoms with Crippen LogP contribution >= 0.6 is 0 Å². The summed E-state index contributed by atoms with van der Waals surface area (Å²) < 4.78 is 0.